The smallest absolute Gasteiger partial charge is 0.308 e. The van der Waals surface area contributed by atoms with Gasteiger partial charge in [-0.3, -0.25) is 4.57 Å². The standard InChI is InChI=1S/C13H21O3P/c1-4-13(12-10-8-7-9-11-12)17(14,15-5-2)16-6-3/h7-11,13H,4-6H2,1-3H3/t13-/m1/s1. The van der Waals surface area contributed by atoms with Crippen molar-refractivity contribution in [3.63, 3.8) is 0 Å². The average molecular weight is 256 g/mol. The molecule has 3 nitrogen and oxygen atoms in total. The molecule has 0 aliphatic rings. The van der Waals surface area contributed by atoms with E-state index in [1.807, 2.05) is 51.1 Å². The zero-order valence-electron chi connectivity index (χ0n) is 10.8. The molecule has 1 aromatic carbocycles. The Hall–Kier alpha value is -0.630. The first kappa shape index (κ1) is 14.4. The summed E-state index contributed by atoms with van der Waals surface area (Å²) in [5, 5.41) is 0. The van der Waals surface area contributed by atoms with Crippen LogP contribution in [-0.2, 0) is 13.6 Å². The second-order valence-electron chi connectivity index (χ2n) is 3.71. The van der Waals surface area contributed by atoms with Gasteiger partial charge in [0.05, 0.1) is 18.9 Å². The first-order chi connectivity index (χ1) is 8.18. The van der Waals surface area contributed by atoms with Crippen molar-refractivity contribution in [2.75, 3.05) is 13.2 Å². The lowest BCUT2D eigenvalue weighted by Gasteiger charge is -2.25. The van der Waals surface area contributed by atoms with E-state index < -0.39 is 7.60 Å². The zero-order chi connectivity index (χ0) is 12.7. The van der Waals surface area contributed by atoms with Crippen LogP contribution in [0.15, 0.2) is 30.3 Å². The summed E-state index contributed by atoms with van der Waals surface area (Å²) in [6, 6.07) is 9.78. The Kier molecular flexibility index (Phi) is 5.90. The topological polar surface area (TPSA) is 35.5 Å². The molecule has 0 N–H and O–H groups in total. The number of hydrogen-bond donors (Lipinski definition) is 0. The summed E-state index contributed by atoms with van der Waals surface area (Å²) in [6.45, 7) is 6.48. The molecule has 0 bridgehead atoms. The largest absolute Gasteiger partial charge is 0.338 e. The minimum absolute atomic E-state index is 0.177. The first-order valence-electron chi connectivity index (χ1n) is 6.11. The molecule has 0 saturated heterocycles. The Morgan fingerprint density at radius 2 is 1.59 bits per heavy atom. The van der Waals surface area contributed by atoms with E-state index >= 15 is 0 Å². The maximum atomic E-state index is 12.7. The lowest BCUT2D eigenvalue weighted by molar-refractivity contribution is 0.211. The van der Waals surface area contributed by atoms with Crippen molar-refractivity contribution >= 4 is 7.60 Å². The van der Waals surface area contributed by atoms with Gasteiger partial charge < -0.3 is 9.05 Å². The van der Waals surface area contributed by atoms with Gasteiger partial charge in [-0.25, -0.2) is 0 Å². The van der Waals surface area contributed by atoms with E-state index in [0.29, 0.717) is 13.2 Å². The van der Waals surface area contributed by atoms with E-state index in [4.69, 9.17) is 9.05 Å². The number of rotatable bonds is 7. The maximum Gasteiger partial charge on any atom is 0.338 e. The van der Waals surface area contributed by atoms with Gasteiger partial charge in [0, 0.05) is 0 Å². The molecule has 96 valence electrons. The number of hydrogen-bond acceptors (Lipinski definition) is 3. The lowest BCUT2D eigenvalue weighted by atomic mass is 10.1. The normalized spacial score (nSPS) is 13.6. The molecule has 1 aromatic rings. The van der Waals surface area contributed by atoms with Crippen LogP contribution in [0.5, 0.6) is 0 Å². The van der Waals surface area contributed by atoms with E-state index in [2.05, 4.69) is 0 Å². The molecule has 0 fully saturated rings. The predicted octanol–water partition coefficient (Wildman–Crippen LogP) is 4.40. The molecule has 1 atom stereocenters. The van der Waals surface area contributed by atoms with Crippen molar-refractivity contribution in [3.05, 3.63) is 35.9 Å². The molecule has 0 aliphatic carbocycles. The molecule has 1 rings (SSSR count). The van der Waals surface area contributed by atoms with Gasteiger partial charge >= 0.3 is 7.60 Å². The second-order valence-corrected chi connectivity index (χ2v) is 5.93. The van der Waals surface area contributed by atoms with Crippen LogP contribution < -0.4 is 0 Å². The minimum Gasteiger partial charge on any atom is -0.308 e. The summed E-state index contributed by atoms with van der Waals surface area (Å²) in [5.74, 6) is 0. The fourth-order valence-corrected chi connectivity index (χ4v) is 4.03. The summed E-state index contributed by atoms with van der Waals surface area (Å²) in [4.78, 5) is 0. The monoisotopic (exact) mass is 256 g/mol. The SMILES string of the molecule is CCOP(=O)(OCC)[C@H](CC)c1ccccc1. The lowest BCUT2D eigenvalue weighted by Crippen LogP contribution is -2.06. The maximum absolute atomic E-state index is 12.7. The van der Waals surface area contributed by atoms with Gasteiger partial charge in [-0.1, -0.05) is 37.3 Å². The van der Waals surface area contributed by atoms with Crippen LogP contribution in [0, 0.1) is 0 Å². The van der Waals surface area contributed by atoms with Gasteiger partial charge in [0.2, 0.25) is 0 Å². The molecular weight excluding hydrogens is 235 g/mol. The van der Waals surface area contributed by atoms with Crippen LogP contribution >= 0.6 is 7.60 Å². The molecule has 4 heteroatoms. The van der Waals surface area contributed by atoms with Gasteiger partial charge in [-0.2, -0.15) is 0 Å². The molecule has 0 aliphatic heterocycles. The average Bonchev–Trinajstić information content (AvgIpc) is 2.31. The molecule has 0 unspecified atom stereocenters. The van der Waals surface area contributed by atoms with E-state index in [-0.39, 0.29) is 5.66 Å². The fraction of sp³-hybridized carbons (Fsp3) is 0.538. The van der Waals surface area contributed by atoms with Gasteiger partial charge in [-0.15, -0.1) is 0 Å². The summed E-state index contributed by atoms with van der Waals surface area (Å²) >= 11 is 0. The van der Waals surface area contributed by atoms with Crippen molar-refractivity contribution in [1.29, 1.82) is 0 Å². The Bertz CT molecular complexity index is 354. The fourth-order valence-electron chi connectivity index (χ4n) is 1.89. The summed E-state index contributed by atoms with van der Waals surface area (Å²) in [5.41, 5.74) is 0.837. The molecule has 0 radical (unpaired) electrons. The predicted molar refractivity (Wildman–Crippen MR) is 70.3 cm³/mol. The minimum atomic E-state index is -3.05. The van der Waals surface area contributed by atoms with Crippen LogP contribution in [0.25, 0.3) is 0 Å². The third-order valence-electron chi connectivity index (χ3n) is 2.57. The van der Waals surface area contributed by atoms with Gasteiger partial charge in [0.1, 0.15) is 0 Å². The third kappa shape index (κ3) is 3.67. The van der Waals surface area contributed by atoms with Crippen LogP contribution in [0.2, 0.25) is 0 Å². The van der Waals surface area contributed by atoms with E-state index in [1.165, 1.54) is 0 Å². The van der Waals surface area contributed by atoms with Gasteiger partial charge in [0.25, 0.3) is 0 Å². The van der Waals surface area contributed by atoms with Crippen LogP contribution in [0.3, 0.4) is 0 Å². The van der Waals surface area contributed by atoms with Crippen molar-refractivity contribution in [2.24, 2.45) is 0 Å². The third-order valence-corrected chi connectivity index (χ3v) is 5.23. The highest BCUT2D eigenvalue weighted by Crippen LogP contribution is 2.62. The van der Waals surface area contributed by atoms with Gasteiger partial charge in [-0.05, 0) is 25.8 Å². The van der Waals surface area contributed by atoms with Crippen molar-refractivity contribution in [3.8, 4) is 0 Å². The molecule has 0 heterocycles. The van der Waals surface area contributed by atoms with Crippen molar-refractivity contribution < 1.29 is 13.6 Å². The Morgan fingerprint density at radius 1 is 1.06 bits per heavy atom. The summed E-state index contributed by atoms with van der Waals surface area (Å²) < 4.78 is 23.5. The van der Waals surface area contributed by atoms with Crippen LogP contribution in [-0.4, -0.2) is 13.2 Å². The summed E-state index contributed by atoms with van der Waals surface area (Å²) in [7, 11) is -3.05. The zero-order valence-corrected chi connectivity index (χ0v) is 11.7. The highest BCUT2D eigenvalue weighted by Gasteiger charge is 2.35. The molecule has 0 amide bonds. The Balaban J connectivity index is 3.01. The second kappa shape index (κ2) is 6.95. The van der Waals surface area contributed by atoms with Crippen molar-refractivity contribution in [1.82, 2.24) is 0 Å². The molecule has 0 saturated carbocycles. The highest BCUT2D eigenvalue weighted by molar-refractivity contribution is 7.54. The van der Waals surface area contributed by atoms with E-state index in [1.54, 1.807) is 0 Å². The summed E-state index contributed by atoms with van der Waals surface area (Å²) in [6.07, 6.45) is 0.737. The number of benzene rings is 1. The molecule has 0 spiro atoms. The van der Waals surface area contributed by atoms with E-state index in [0.717, 1.165) is 12.0 Å². The highest BCUT2D eigenvalue weighted by atomic mass is 31.2. The Morgan fingerprint density at radius 3 is 2.00 bits per heavy atom. The molecule has 17 heavy (non-hydrogen) atoms. The van der Waals surface area contributed by atoms with Crippen molar-refractivity contribution in [2.45, 2.75) is 32.9 Å². The van der Waals surface area contributed by atoms with Gasteiger partial charge in [0.15, 0.2) is 0 Å². The van der Waals surface area contributed by atoms with Crippen LogP contribution in [0.1, 0.15) is 38.4 Å². The van der Waals surface area contributed by atoms with Crippen LogP contribution in [0.4, 0.5) is 0 Å². The molecule has 0 aromatic heterocycles. The quantitative estimate of drug-likeness (QED) is 0.678. The Labute approximate surface area is 104 Å². The first-order valence-corrected chi connectivity index (χ1v) is 7.72. The van der Waals surface area contributed by atoms with E-state index in [9.17, 15) is 4.57 Å². The molecular formula is C13H21O3P.